The first-order chi connectivity index (χ1) is 12.3. The third kappa shape index (κ3) is 2.98. The zero-order valence-corrected chi connectivity index (χ0v) is 14.1. The molecule has 2 aromatic carbocycles. The molecular formula is C20H20O6. The fraction of sp³-hybridized carbons (Fsp3) is 0.300. The van der Waals surface area contributed by atoms with E-state index in [-0.39, 0.29) is 22.6 Å². The van der Waals surface area contributed by atoms with E-state index in [1.165, 1.54) is 24.3 Å². The van der Waals surface area contributed by atoms with Gasteiger partial charge in [-0.15, -0.1) is 0 Å². The molecule has 6 heteroatoms. The number of aromatic hydroxyl groups is 2. The Labute approximate surface area is 150 Å². The highest BCUT2D eigenvalue weighted by atomic mass is 16.4. The molecule has 4 N–H and O–H groups in total. The molecule has 2 aromatic rings. The second-order valence-electron chi connectivity index (χ2n) is 6.72. The largest absolute Gasteiger partial charge is 0.507 e. The summed E-state index contributed by atoms with van der Waals surface area (Å²) in [5.41, 5.74) is 0.562. The molecule has 0 saturated heterocycles. The molecule has 6 nitrogen and oxygen atoms in total. The third-order valence-corrected chi connectivity index (χ3v) is 5.27. The molecule has 3 rings (SSSR count). The molecule has 0 unspecified atom stereocenters. The highest BCUT2D eigenvalue weighted by Crippen LogP contribution is 2.46. The van der Waals surface area contributed by atoms with E-state index in [1.807, 2.05) is 0 Å². The molecule has 0 radical (unpaired) electrons. The van der Waals surface area contributed by atoms with Crippen LogP contribution < -0.4 is 0 Å². The molecule has 1 aliphatic rings. The highest BCUT2D eigenvalue weighted by Gasteiger charge is 2.37. The summed E-state index contributed by atoms with van der Waals surface area (Å²) < 4.78 is 0. The van der Waals surface area contributed by atoms with Crippen LogP contribution in [-0.2, 0) is 5.41 Å². The maximum atomic E-state index is 11.4. The average Bonchev–Trinajstić information content (AvgIpc) is 2.62. The number of phenols is 2. The van der Waals surface area contributed by atoms with Gasteiger partial charge in [-0.05, 0) is 48.2 Å². The van der Waals surface area contributed by atoms with E-state index in [9.17, 15) is 30.0 Å². The molecular weight excluding hydrogens is 336 g/mol. The van der Waals surface area contributed by atoms with Crippen molar-refractivity contribution in [2.24, 2.45) is 0 Å². The van der Waals surface area contributed by atoms with Gasteiger partial charge in [0.1, 0.15) is 22.6 Å². The molecule has 1 aliphatic carbocycles. The first-order valence-electron chi connectivity index (χ1n) is 8.49. The van der Waals surface area contributed by atoms with Crippen molar-refractivity contribution in [3.8, 4) is 11.5 Å². The smallest absolute Gasteiger partial charge is 0.339 e. The number of carboxylic acids is 2. The highest BCUT2D eigenvalue weighted by molar-refractivity contribution is 5.92. The quantitative estimate of drug-likeness (QED) is 0.663. The average molecular weight is 356 g/mol. The summed E-state index contributed by atoms with van der Waals surface area (Å²) in [5, 5.41) is 38.3. The fourth-order valence-electron chi connectivity index (χ4n) is 3.91. The van der Waals surface area contributed by atoms with Crippen LogP contribution in [0.2, 0.25) is 0 Å². The Morgan fingerprint density at radius 1 is 0.731 bits per heavy atom. The zero-order chi connectivity index (χ0) is 18.9. The van der Waals surface area contributed by atoms with Crippen LogP contribution in [0.4, 0.5) is 0 Å². The van der Waals surface area contributed by atoms with Crippen LogP contribution in [0.5, 0.6) is 11.5 Å². The standard InChI is InChI=1S/C20H20O6/c21-16-6-4-12(10-14(16)18(23)24)20(8-2-1-3-9-20)13-5-7-17(22)15(11-13)19(25)26/h4-7,10-11,21-22H,1-3,8-9H2,(H,23,24)(H,25,26). The third-order valence-electron chi connectivity index (χ3n) is 5.27. The normalized spacial score (nSPS) is 16.2. The monoisotopic (exact) mass is 356 g/mol. The lowest BCUT2D eigenvalue weighted by molar-refractivity contribution is 0.0682. The molecule has 0 amide bonds. The van der Waals surface area contributed by atoms with Gasteiger partial charge in [-0.2, -0.15) is 0 Å². The first-order valence-corrected chi connectivity index (χ1v) is 8.49. The molecule has 0 heterocycles. The van der Waals surface area contributed by atoms with E-state index in [1.54, 1.807) is 12.1 Å². The second-order valence-corrected chi connectivity index (χ2v) is 6.72. The molecule has 26 heavy (non-hydrogen) atoms. The number of carboxylic acid groups (broad SMARTS) is 2. The number of aromatic carboxylic acids is 2. The summed E-state index contributed by atoms with van der Waals surface area (Å²) in [6, 6.07) is 9.06. The Balaban J connectivity index is 2.20. The van der Waals surface area contributed by atoms with E-state index < -0.39 is 17.4 Å². The van der Waals surface area contributed by atoms with Gasteiger partial charge in [0.05, 0.1) is 0 Å². The SMILES string of the molecule is O=C(O)c1cc(C2(c3ccc(O)c(C(=O)O)c3)CCCCC2)ccc1O. The summed E-state index contributed by atoms with van der Waals surface area (Å²) in [5.74, 6) is -3.03. The Kier molecular flexibility index (Phi) is 4.59. The number of benzene rings is 2. The van der Waals surface area contributed by atoms with Crippen LogP contribution in [-0.4, -0.2) is 32.4 Å². The minimum atomic E-state index is -1.22. The lowest BCUT2D eigenvalue weighted by Gasteiger charge is -2.39. The van der Waals surface area contributed by atoms with Gasteiger partial charge in [-0.25, -0.2) is 9.59 Å². The Morgan fingerprint density at radius 3 is 1.54 bits per heavy atom. The van der Waals surface area contributed by atoms with Crippen LogP contribution in [0.15, 0.2) is 36.4 Å². The van der Waals surface area contributed by atoms with Gasteiger partial charge in [-0.3, -0.25) is 0 Å². The zero-order valence-electron chi connectivity index (χ0n) is 14.1. The van der Waals surface area contributed by atoms with Crippen LogP contribution in [0.1, 0.15) is 63.9 Å². The van der Waals surface area contributed by atoms with Crippen LogP contribution in [0.25, 0.3) is 0 Å². The molecule has 0 aliphatic heterocycles. The Bertz CT molecular complexity index is 799. The summed E-state index contributed by atoms with van der Waals surface area (Å²) in [6.07, 6.45) is 4.37. The molecule has 1 fully saturated rings. The van der Waals surface area contributed by atoms with Gasteiger partial charge in [0.15, 0.2) is 0 Å². The number of hydrogen-bond donors (Lipinski definition) is 4. The molecule has 136 valence electrons. The number of carbonyl (C=O) groups is 2. The summed E-state index contributed by atoms with van der Waals surface area (Å²) in [4.78, 5) is 22.8. The van der Waals surface area contributed by atoms with Crippen LogP contribution >= 0.6 is 0 Å². The van der Waals surface area contributed by atoms with Crippen LogP contribution in [0, 0.1) is 0 Å². The maximum Gasteiger partial charge on any atom is 0.339 e. The van der Waals surface area contributed by atoms with Gasteiger partial charge in [-0.1, -0.05) is 31.4 Å². The first kappa shape index (κ1) is 17.8. The molecule has 0 spiro atoms. The van der Waals surface area contributed by atoms with Crippen molar-refractivity contribution >= 4 is 11.9 Å². The lowest BCUT2D eigenvalue weighted by atomic mass is 9.65. The molecule has 1 saturated carbocycles. The van der Waals surface area contributed by atoms with Crippen molar-refractivity contribution in [3.63, 3.8) is 0 Å². The van der Waals surface area contributed by atoms with Gasteiger partial charge < -0.3 is 20.4 Å². The topological polar surface area (TPSA) is 115 Å². The molecule has 0 aromatic heterocycles. The van der Waals surface area contributed by atoms with Crippen molar-refractivity contribution in [2.45, 2.75) is 37.5 Å². The number of hydrogen-bond acceptors (Lipinski definition) is 4. The van der Waals surface area contributed by atoms with E-state index in [0.29, 0.717) is 0 Å². The maximum absolute atomic E-state index is 11.4. The predicted molar refractivity (Wildman–Crippen MR) is 94.0 cm³/mol. The Morgan fingerprint density at radius 2 is 1.15 bits per heavy atom. The number of rotatable bonds is 4. The van der Waals surface area contributed by atoms with Gasteiger partial charge >= 0.3 is 11.9 Å². The summed E-state index contributed by atoms with van der Waals surface area (Å²) in [6.45, 7) is 0. The van der Waals surface area contributed by atoms with Crippen molar-refractivity contribution in [3.05, 3.63) is 58.7 Å². The van der Waals surface area contributed by atoms with E-state index in [4.69, 9.17) is 0 Å². The van der Waals surface area contributed by atoms with Gasteiger partial charge in [0, 0.05) is 5.41 Å². The molecule has 0 bridgehead atoms. The second kappa shape index (κ2) is 6.71. The van der Waals surface area contributed by atoms with Crippen molar-refractivity contribution < 1.29 is 30.0 Å². The van der Waals surface area contributed by atoms with E-state index in [2.05, 4.69) is 0 Å². The van der Waals surface area contributed by atoms with E-state index in [0.717, 1.165) is 43.2 Å². The molecule has 0 atom stereocenters. The summed E-state index contributed by atoms with van der Waals surface area (Å²) in [7, 11) is 0. The summed E-state index contributed by atoms with van der Waals surface area (Å²) >= 11 is 0. The van der Waals surface area contributed by atoms with E-state index >= 15 is 0 Å². The fourth-order valence-corrected chi connectivity index (χ4v) is 3.91. The van der Waals surface area contributed by atoms with Crippen LogP contribution in [0.3, 0.4) is 0 Å². The Hall–Kier alpha value is -3.02. The lowest BCUT2D eigenvalue weighted by Crippen LogP contribution is -2.31. The predicted octanol–water partition coefficient (Wildman–Crippen LogP) is 3.74. The van der Waals surface area contributed by atoms with Gasteiger partial charge in [0.2, 0.25) is 0 Å². The van der Waals surface area contributed by atoms with Crippen molar-refractivity contribution in [1.82, 2.24) is 0 Å². The van der Waals surface area contributed by atoms with Crippen molar-refractivity contribution in [1.29, 1.82) is 0 Å². The minimum absolute atomic E-state index is 0.176. The van der Waals surface area contributed by atoms with Crippen molar-refractivity contribution in [2.75, 3.05) is 0 Å². The van der Waals surface area contributed by atoms with Gasteiger partial charge in [0.25, 0.3) is 0 Å². The minimum Gasteiger partial charge on any atom is -0.507 e.